The number of likely N-dealkylation sites (N-methyl/N-ethyl adjacent to an activating group) is 1. The minimum atomic E-state index is -0.970. The van der Waals surface area contributed by atoms with E-state index in [1.807, 2.05) is 0 Å². The fourth-order valence-electron chi connectivity index (χ4n) is 5.05. The number of carbonyl (C=O) groups excluding carboxylic acids is 2. The lowest BCUT2D eigenvalue weighted by Crippen LogP contribution is -2.44. The first-order chi connectivity index (χ1) is 19.6. The SMILES string of the molecule is COc1ccc(F)cc1[C@H](Cn1c(=O)n([C@@H]2CCN(C)C2=O)c(=O)c2c(C)c(-n3nccn3)sc21)OCCC(C)=O. The number of Topliss-reactive ketones (excluding diaryl/α,β-unsaturated/α-hetero) is 1. The molecular weight excluding hydrogens is 555 g/mol. The van der Waals surface area contributed by atoms with Crippen LogP contribution in [0.3, 0.4) is 0 Å². The number of likely N-dealkylation sites (tertiary alicyclic amines) is 1. The van der Waals surface area contributed by atoms with Gasteiger partial charge in [-0.15, -0.1) is 4.80 Å². The van der Waals surface area contributed by atoms with Crippen molar-refractivity contribution in [1.82, 2.24) is 29.0 Å². The summed E-state index contributed by atoms with van der Waals surface area (Å²) >= 11 is 1.15. The minimum absolute atomic E-state index is 0.00896. The fraction of sp³-hybridized carbons (Fsp3) is 0.407. The van der Waals surface area contributed by atoms with Crippen LogP contribution in [-0.2, 0) is 20.9 Å². The van der Waals surface area contributed by atoms with Crippen molar-refractivity contribution in [3.05, 3.63) is 68.4 Å². The number of benzene rings is 1. The van der Waals surface area contributed by atoms with E-state index < -0.39 is 29.2 Å². The van der Waals surface area contributed by atoms with E-state index in [1.54, 1.807) is 14.0 Å². The number of carbonyl (C=O) groups is 2. The van der Waals surface area contributed by atoms with E-state index in [1.165, 1.54) is 58.9 Å². The molecule has 2 atom stereocenters. The number of hydrogen-bond acceptors (Lipinski definition) is 9. The molecule has 3 aromatic heterocycles. The van der Waals surface area contributed by atoms with Gasteiger partial charge in [-0.2, -0.15) is 10.2 Å². The predicted octanol–water partition coefficient (Wildman–Crippen LogP) is 2.40. The number of halogens is 1. The van der Waals surface area contributed by atoms with Crippen LogP contribution < -0.4 is 16.0 Å². The lowest BCUT2D eigenvalue weighted by molar-refractivity contribution is -0.129. The third-order valence-corrected chi connectivity index (χ3v) is 8.47. The Kier molecular flexibility index (Phi) is 7.87. The van der Waals surface area contributed by atoms with Crippen LogP contribution >= 0.6 is 11.3 Å². The minimum Gasteiger partial charge on any atom is -0.496 e. The van der Waals surface area contributed by atoms with Crippen molar-refractivity contribution in [3.8, 4) is 10.8 Å². The van der Waals surface area contributed by atoms with Crippen LogP contribution in [0.25, 0.3) is 15.2 Å². The number of fused-ring (bicyclic) bond motifs is 1. The molecule has 1 aliphatic rings. The van der Waals surface area contributed by atoms with Crippen molar-refractivity contribution in [1.29, 1.82) is 0 Å². The second-order valence-corrected chi connectivity index (χ2v) is 10.8. The number of aryl methyl sites for hydroxylation is 1. The van der Waals surface area contributed by atoms with E-state index >= 15 is 0 Å². The number of nitrogens with zero attached hydrogens (tertiary/aromatic N) is 6. The summed E-state index contributed by atoms with van der Waals surface area (Å²) < 4.78 is 28.4. The summed E-state index contributed by atoms with van der Waals surface area (Å²) in [6, 6.07) is 2.98. The summed E-state index contributed by atoms with van der Waals surface area (Å²) in [4.78, 5) is 55.8. The van der Waals surface area contributed by atoms with Crippen LogP contribution in [0, 0.1) is 12.7 Å². The molecule has 1 aromatic carbocycles. The highest BCUT2D eigenvalue weighted by Gasteiger charge is 2.35. The standard InChI is InChI=1S/C27H29FN6O6S/c1-15(35)8-12-40-21(18-13-17(28)5-6-20(18)39-4)14-32-26-22(16(2)25(41-26)34-29-9-10-30-34)24(37)33(27(32)38)19-7-11-31(3)23(19)36/h5-6,9-10,13,19,21H,7-8,11-12,14H2,1-4H3/t19-,21+/m1/s1. The number of amides is 1. The van der Waals surface area contributed by atoms with Crippen molar-refractivity contribution in [2.75, 3.05) is 27.3 Å². The normalized spacial score (nSPS) is 16.1. The summed E-state index contributed by atoms with van der Waals surface area (Å²) in [6.07, 6.45) is 2.45. The third kappa shape index (κ3) is 5.20. The van der Waals surface area contributed by atoms with Gasteiger partial charge in [-0.05, 0) is 38.5 Å². The van der Waals surface area contributed by atoms with Crippen molar-refractivity contribution in [2.24, 2.45) is 0 Å². The van der Waals surface area contributed by atoms with E-state index in [9.17, 15) is 23.6 Å². The second-order valence-electron chi connectivity index (χ2n) is 9.86. The molecule has 0 aliphatic carbocycles. The average Bonchev–Trinajstić information content (AvgIpc) is 3.66. The molecular formula is C27H29FN6O6S. The number of aromatic nitrogens is 5. The van der Waals surface area contributed by atoms with Gasteiger partial charge in [0.15, 0.2) is 0 Å². The molecule has 4 heterocycles. The zero-order valence-electron chi connectivity index (χ0n) is 23.0. The maximum atomic E-state index is 14.4. The lowest BCUT2D eigenvalue weighted by atomic mass is 10.1. The number of thiophene rings is 1. The Morgan fingerprint density at radius 2 is 1.95 bits per heavy atom. The summed E-state index contributed by atoms with van der Waals surface area (Å²) in [5, 5.41) is 9.15. The van der Waals surface area contributed by atoms with Gasteiger partial charge >= 0.3 is 5.69 Å². The number of methoxy groups -OCH3 is 1. The van der Waals surface area contributed by atoms with E-state index in [0.717, 1.165) is 15.9 Å². The van der Waals surface area contributed by atoms with E-state index in [4.69, 9.17) is 9.47 Å². The first kappa shape index (κ1) is 28.4. The zero-order valence-corrected chi connectivity index (χ0v) is 23.8. The Balaban J connectivity index is 1.74. The lowest BCUT2D eigenvalue weighted by Gasteiger charge is -2.23. The van der Waals surface area contributed by atoms with E-state index in [0.29, 0.717) is 39.7 Å². The van der Waals surface area contributed by atoms with Crippen LogP contribution in [0.4, 0.5) is 4.39 Å². The summed E-state index contributed by atoms with van der Waals surface area (Å²) in [5.41, 5.74) is -0.412. The molecule has 1 saturated heterocycles. The molecule has 4 aromatic rings. The van der Waals surface area contributed by atoms with Crippen molar-refractivity contribution >= 4 is 33.2 Å². The smallest absolute Gasteiger partial charge is 0.332 e. The highest BCUT2D eigenvalue weighted by molar-refractivity contribution is 7.21. The van der Waals surface area contributed by atoms with E-state index in [2.05, 4.69) is 10.2 Å². The van der Waals surface area contributed by atoms with Crippen LogP contribution in [0.5, 0.6) is 5.75 Å². The Bertz CT molecular complexity index is 1740. The van der Waals surface area contributed by atoms with Gasteiger partial charge in [0.1, 0.15) is 39.3 Å². The summed E-state index contributed by atoms with van der Waals surface area (Å²) in [6.45, 7) is 3.41. The highest BCUT2D eigenvalue weighted by atomic mass is 32.1. The molecule has 0 spiro atoms. The molecule has 0 unspecified atom stereocenters. The van der Waals surface area contributed by atoms with Gasteiger partial charge in [0.25, 0.3) is 5.56 Å². The fourth-order valence-corrected chi connectivity index (χ4v) is 6.27. The van der Waals surface area contributed by atoms with E-state index in [-0.39, 0.29) is 36.6 Å². The Hall–Kier alpha value is -4.17. The van der Waals surface area contributed by atoms with Crippen LogP contribution in [0.15, 0.2) is 40.2 Å². The van der Waals surface area contributed by atoms with Gasteiger partial charge in [0.2, 0.25) is 5.91 Å². The van der Waals surface area contributed by atoms with Gasteiger partial charge < -0.3 is 14.4 Å². The quantitative estimate of drug-likeness (QED) is 0.278. The first-order valence-electron chi connectivity index (χ1n) is 13.0. The van der Waals surface area contributed by atoms with Crippen LogP contribution in [-0.4, -0.2) is 68.0 Å². The zero-order chi connectivity index (χ0) is 29.4. The van der Waals surface area contributed by atoms with Crippen LogP contribution in [0.1, 0.15) is 43.0 Å². The number of rotatable bonds is 10. The summed E-state index contributed by atoms with van der Waals surface area (Å²) in [7, 11) is 3.05. The van der Waals surface area contributed by atoms with Gasteiger partial charge in [-0.1, -0.05) is 11.3 Å². The molecule has 0 radical (unpaired) electrons. The molecule has 41 heavy (non-hydrogen) atoms. The summed E-state index contributed by atoms with van der Waals surface area (Å²) in [5.74, 6) is -0.648. The maximum Gasteiger partial charge on any atom is 0.332 e. The molecule has 1 amide bonds. The Labute approximate surface area is 237 Å². The predicted molar refractivity (Wildman–Crippen MR) is 148 cm³/mol. The third-order valence-electron chi connectivity index (χ3n) is 7.19. The molecule has 0 N–H and O–H groups in total. The molecule has 14 heteroatoms. The Morgan fingerprint density at radius 1 is 1.22 bits per heavy atom. The molecule has 12 nitrogen and oxygen atoms in total. The maximum absolute atomic E-state index is 14.4. The van der Waals surface area contributed by atoms with Gasteiger partial charge in [0, 0.05) is 31.1 Å². The van der Waals surface area contributed by atoms with Gasteiger partial charge in [0.05, 0.1) is 38.0 Å². The van der Waals surface area contributed by atoms with Crippen molar-refractivity contribution < 1.29 is 23.5 Å². The number of ether oxygens (including phenoxy) is 2. The van der Waals surface area contributed by atoms with Gasteiger partial charge in [-0.25, -0.2) is 13.8 Å². The van der Waals surface area contributed by atoms with Crippen molar-refractivity contribution in [2.45, 2.75) is 45.4 Å². The number of hydrogen-bond donors (Lipinski definition) is 0. The molecule has 5 rings (SSSR count). The van der Waals surface area contributed by atoms with Crippen molar-refractivity contribution in [3.63, 3.8) is 0 Å². The first-order valence-corrected chi connectivity index (χ1v) is 13.8. The number of ketones is 1. The molecule has 1 fully saturated rings. The Morgan fingerprint density at radius 3 is 2.59 bits per heavy atom. The molecule has 0 saturated carbocycles. The molecule has 216 valence electrons. The van der Waals surface area contributed by atoms with Gasteiger partial charge in [-0.3, -0.25) is 19.0 Å². The average molecular weight is 585 g/mol. The second kappa shape index (κ2) is 11.4. The topological polar surface area (TPSA) is 131 Å². The highest BCUT2D eigenvalue weighted by Crippen LogP contribution is 2.34. The van der Waals surface area contributed by atoms with Crippen LogP contribution in [0.2, 0.25) is 0 Å². The molecule has 0 bridgehead atoms. The molecule has 1 aliphatic heterocycles. The monoisotopic (exact) mass is 584 g/mol. The largest absolute Gasteiger partial charge is 0.496 e.